The second-order valence-electron chi connectivity index (χ2n) is 3.84. The van der Waals surface area contributed by atoms with Crippen LogP contribution in [-0.2, 0) is 11.2 Å². The molecule has 4 heteroatoms. The number of fused-ring (bicyclic) bond motifs is 3. The van der Waals surface area contributed by atoms with Crippen molar-refractivity contribution in [3.05, 3.63) is 42.3 Å². The summed E-state index contributed by atoms with van der Waals surface area (Å²) in [5.74, 6) is -0.857. The third kappa shape index (κ3) is 1.54. The summed E-state index contributed by atoms with van der Waals surface area (Å²) in [4.78, 5) is 15.0. The van der Waals surface area contributed by atoms with E-state index >= 15 is 0 Å². The van der Waals surface area contributed by atoms with Gasteiger partial charge in [0.25, 0.3) is 0 Å². The third-order valence-corrected chi connectivity index (χ3v) is 2.74. The van der Waals surface area contributed by atoms with Crippen molar-refractivity contribution < 1.29 is 14.3 Å². The van der Waals surface area contributed by atoms with Gasteiger partial charge in [0.15, 0.2) is 0 Å². The summed E-state index contributed by atoms with van der Waals surface area (Å²) in [5, 5.41) is 10.6. The van der Waals surface area contributed by atoms with Gasteiger partial charge in [0.2, 0.25) is 0 Å². The second kappa shape index (κ2) is 3.59. The molecule has 2 aromatic heterocycles. The highest BCUT2D eigenvalue weighted by atomic mass is 16.4. The molecule has 0 fully saturated rings. The summed E-state index contributed by atoms with van der Waals surface area (Å²) >= 11 is 0. The fourth-order valence-corrected chi connectivity index (χ4v) is 2.06. The van der Waals surface area contributed by atoms with Gasteiger partial charge in [0.05, 0.1) is 18.2 Å². The first kappa shape index (κ1) is 9.84. The van der Waals surface area contributed by atoms with E-state index in [0.717, 1.165) is 27.4 Å². The Labute approximate surface area is 96.5 Å². The Morgan fingerprint density at radius 3 is 3.06 bits per heavy atom. The predicted octanol–water partition coefficient (Wildman–Crippen LogP) is 2.61. The van der Waals surface area contributed by atoms with Crippen molar-refractivity contribution in [3.8, 4) is 0 Å². The lowest BCUT2D eigenvalue weighted by Gasteiger charge is -2.00. The first-order valence-electron chi connectivity index (χ1n) is 5.21. The molecule has 17 heavy (non-hydrogen) atoms. The van der Waals surface area contributed by atoms with Crippen molar-refractivity contribution in [3.63, 3.8) is 0 Å². The smallest absolute Gasteiger partial charge is 0.307 e. The Hall–Kier alpha value is -2.36. The molecule has 3 rings (SSSR count). The number of aromatic nitrogens is 1. The fraction of sp³-hybridized carbons (Fsp3) is 0.0769. The zero-order valence-electron chi connectivity index (χ0n) is 8.88. The molecule has 0 spiro atoms. The van der Waals surface area contributed by atoms with Crippen LogP contribution in [0.5, 0.6) is 0 Å². The summed E-state index contributed by atoms with van der Waals surface area (Å²) in [7, 11) is 0. The number of rotatable bonds is 2. The van der Waals surface area contributed by atoms with Gasteiger partial charge in [-0.05, 0) is 29.8 Å². The Morgan fingerprint density at radius 1 is 1.35 bits per heavy atom. The van der Waals surface area contributed by atoms with E-state index in [2.05, 4.69) is 4.98 Å². The first-order chi connectivity index (χ1) is 8.25. The van der Waals surface area contributed by atoms with Crippen molar-refractivity contribution in [1.82, 2.24) is 4.98 Å². The summed E-state index contributed by atoms with van der Waals surface area (Å²) in [6.07, 6.45) is 3.19. The number of hydrogen-bond acceptors (Lipinski definition) is 3. The van der Waals surface area contributed by atoms with E-state index in [9.17, 15) is 4.79 Å². The summed E-state index contributed by atoms with van der Waals surface area (Å²) in [5.41, 5.74) is 2.26. The van der Waals surface area contributed by atoms with E-state index in [4.69, 9.17) is 9.52 Å². The fourth-order valence-electron chi connectivity index (χ4n) is 2.06. The van der Waals surface area contributed by atoms with Gasteiger partial charge in [-0.25, -0.2) is 0 Å². The summed E-state index contributed by atoms with van der Waals surface area (Å²) in [6, 6.07) is 7.38. The predicted molar refractivity (Wildman–Crippen MR) is 62.9 cm³/mol. The Kier molecular flexibility index (Phi) is 2.08. The number of carboxylic acid groups (broad SMARTS) is 1. The maximum atomic E-state index is 10.8. The van der Waals surface area contributed by atoms with Crippen LogP contribution in [0.25, 0.3) is 21.9 Å². The van der Waals surface area contributed by atoms with Crippen molar-refractivity contribution in [2.75, 3.05) is 0 Å². The van der Waals surface area contributed by atoms with Crippen LogP contribution in [0.1, 0.15) is 5.56 Å². The van der Waals surface area contributed by atoms with E-state index < -0.39 is 5.97 Å². The molecule has 84 valence electrons. The molecule has 2 heterocycles. The van der Waals surface area contributed by atoms with Gasteiger partial charge in [0, 0.05) is 17.0 Å². The van der Waals surface area contributed by atoms with Gasteiger partial charge in [-0.2, -0.15) is 0 Å². The molecule has 0 amide bonds. The minimum absolute atomic E-state index is 0.0233. The van der Waals surface area contributed by atoms with E-state index in [0.29, 0.717) is 0 Å². The van der Waals surface area contributed by atoms with Gasteiger partial charge >= 0.3 is 5.97 Å². The third-order valence-electron chi connectivity index (χ3n) is 2.74. The standard InChI is InChI=1S/C13H9NO3/c15-12(16)6-8-7-14-10-3-4-11-9(13(8)10)2-1-5-17-11/h1-5,7H,6H2,(H,15,16). The van der Waals surface area contributed by atoms with Crippen LogP contribution < -0.4 is 0 Å². The molecule has 3 aromatic rings. The zero-order chi connectivity index (χ0) is 11.8. The van der Waals surface area contributed by atoms with Crippen LogP contribution in [0.2, 0.25) is 0 Å². The van der Waals surface area contributed by atoms with E-state index in [-0.39, 0.29) is 6.42 Å². The lowest BCUT2D eigenvalue weighted by atomic mass is 10.1. The number of carbonyl (C=O) groups is 1. The molecule has 1 N–H and O–H groups in total. The minimum Gasteiger partial charge on any atom is -0.481 e. The Morgan fingerprint density at radius 2 is 2.24 bits per heavy atom. The first-order valence-corrected chi connectivity index (χ1v) is 5.21. The molecular weight excluding hydrogens is 218 g/mol. The van der Waals surface area contributed by atoms with Crippen LogP contribution >= 0.6 is 0 Å². The molecule has 0 atom stereocenters. The van der Waals surface area contributed by atoms with E-state index in [1.54, 1.807) is 18.5 Å². The number of hydrogen-bond donors (Lipinski definition) is 1. The second-order valence-corrected chi connectivity index (χ2v) is 3.84. The number of nitrogens with zero attached hydrogens (tertiary/aromatic N) is 1. The molecule has 0 aliphatic heterocycles. The van der Waals surface area contributed by atoms with Gasteiger partial charge in [-0.3, -0.25) is 9.78 Å². The molecule has 4 nitrogen and oxygen atoms in total. The normalized spacial score (nSPS) is 11.1. The van der Waals surface area contributed by atoms with Crippen LogP contribution in [0.4, 0.5) is 0 Å². The monoisotopic (exact) mass is 227 g/mol. The SMILES string of the molecule is O=C(O)Cc1cnc2ccc3occcc3c12. The van der Waals surface area contributed by atoms with E-state index in [1.165, 1.54) is 0 Å². The molecular formula is C13H9NO3. The van der Waals surface area contributed by atoms with Crippen LogP contribution in [0.15, 0.2) is 41.1 Å². The van der Waals surface area contributed by atoms with Gasteiger partial charge < -0.3 is 9.52 Å². The van der Waals surface area contributed by atoms with Crippen molar-refractivity contribution in [2.45, 2.75) is 6.42 Å². The Bertz CT molecular complexity index is 715. The lowest BCUT2D eigenvalue weighted by Crippen LogP contribution is -1.98. The number of benzene rings is 1. The number of carboxylic acids is 1. The highest BCUT2D eigenvalue weighted by Crippen LogP contribution is 2.28. The maximum Gasteiger partial charge on any atom is 0.307 e. The average Bonchev–Trinajstić information content (AvgIpc) is 2.72. The molecule has 0 aliphatic rings. The highest BCUT2D eigenvalue weighted by molar-refractivity contribution is 6.07. The Balaban J connectivity index is 2.38. The lowest BCUT2D eigenvalue weighted by molar-refractivity contribution is -0.136. The van der Waals surface area contributed by atoms with Gasteiger partial charge in [0.1, 0.15) is 5.58 Å². The maximum absolute atomic E-state index is 10.8. The molecule has 0 saturated carbocycles. The summed E-state index contributed by atoms with van der Waals surface area (Å²) in [6.45, 7) is 0. The topological polar surface area (TPSA) is 63.3 Å². The quantitative estimate of drug-likeness (QED) is 0.730. The van der Waals surface area contributed by atoms with Crippen LogP contribution in [-0.4, -0.2) is 16.1 Å². The van der Waals surface area contributed by atoms with Crippen LogP contribution in [0, 0.1) is 0 Å². The molecule has 0 bridgehead atoms. The molecule has 0 saturated heterocycles. The minimum atomic E-state index is -0.857. The largest absolute Gasteiger partial charge is 0.481 e. The average molecular weight is 227 g/mol. The zero-order valence-corrected chi connectivity index (χ0v) is 8.88. The van der Waals surface area contributed by atoms with Crippen molar-refractivity contribution >= 4 is 27.8 Å². The molecule has 0 unspecified atom stereocenters. The highest BCUT2D eigenvalue weighted by Gasteiger charge is 2.11. The molecule has 0 radical (unpaired) electrons. The molecule has 0 aliphatic carbocycles. The summed E-state index contributed by atoms with van der Waals surface area (Å²) < 4.78 is 5.37. The number of aliphatic carboxylic acids is 1. The van der Waals surface area contributed by atoms with Gasteiger partial charge in [-0.15, -0.1) is 0 Å². The van der Waals surface area contributed by atoms with Crippen LogP contribution in [0.3, 0.4) is 0 Å². The van der Waals surface area contributed by atoms with E-state index in [1.807, 2.05) is 18.2 Å². The van der Waals surface area contributed by atoms with Crippen molar-refractivity contribution in [2.24, 2.45) is 0 Å². The van der Waals surface area contributed by atoms with Gasteiger partial charge in [-0.1, -0.05) is 0 Å². The molecule has 1 aromatic carbocycles. The van der Waals surface area contributed by atoms with Crippen molar-refractivity contribution in [1.29, 1.82) is 0 Å².